The molecule has 0 atom stereocenters. The number of rotatable bonds is 3. The fraction of sp³-hybridized carbons (Fsp3) is 0.0455. The fourth-order valence-electron chi connectivity index (χ4n) is 2.93. The zero-order valence-electron chi connectivity index (χ0n) is 14.5. The number of halogens is 1. The summed E-state index contributed by atoms with van der Waals surface area (Å²) < 4.78 is 0. The van der Waals surface area contributed by atoms with E-state index in [9.17, 15) is 4.79 Å². The van der Waals surface area contributed by atoms with Crippen LogP contribution in [0.2, 0.25) is 5.02 Å². The second-order valence-electron chi connectivity index (χ2n) is 6.08. The quantitative estimate of drug-likeness (QED) is 0.646. The third kappa shape index (κ3) is 3.33. The van der Waals surface area contributed by atoms with Gasteiger partial charge in [-0.1, -0.05) is 35.9 Å². The Labute approximate surface area is 161 Å². The van der Waals surface area contributed by atoms with Crippen LogP contribution in [0.3, 0.4) is 0 Å². The minimum atomic E-state index is -0.273. The topological polar surface area (TPSA) is 54.4 Å². The highest BCUT2D eigenvalue weighted by molar-refractivity contribution is 6.33. The highest BCUT2D eigenvalue weighted by Gasteiger charge is 2.15. The van der Waals surface area contributed by atoms with Crippen LogP contribution in [0, 0.1) is 0 Å². The predicted molar refractivity (Wildman–Crippen MR) is 109 cm³/mol. The molecule has 2 aromatic carbocycles. The number of anilines is 1. The van der Waals surface area contributed by atoms with Gasteiger partial charge in [0.25, 0.3) is 5.91 Å². The number of carbonyl (C=O) groups excluding carboxylic acids is 1. The van der Waals surface area contributed by atoms with E-state index in [1.165, 1.54) is 0 Å². The van der Waals surface area contributed by atoms with Gasteiger partial charge in [-0.2, -0.15) is 0 Å². The monoisotopic (exact) mass is 371 g/mol. The minimum Gasteiger partial charge on any atom is -0.321 e. The Morgan fingerprint density at radius 2 is 2.00 bits per heavy atom. The molecule has 2 heterocycles. The van der Waals surface area contributed by atoms with Gasteiger partial charge in [0.1, 0.15) is 0 Å². The lowest BCUT2D eigenvalue weighted by Crippen LogP contribution is -2.15. The maximum atomic E-state index is 12.5. The molecule has 4 rings (SSSR count). The molecule has 1 aromatic heterocycles. The van der Waals surface area contributed by atoms with Gasteiger partial charge in [-0.3, -0.25) is 9.78 Å². The summed E-state index contributed by atoms with van der Waals surface area (Å²) in [7, 11) is 0. The molecular weight excluding hydrogens is 358 g/mol. The van der Waals surface area contributed by atoms with E-state index in [-0.39, 0.29) is 5.91 Å². The first-order chi connectivity index (χ1) is 13.1. The summed E-state index contributed by atoms with van der Waals surface area (Å²) in [6.07, 6.45) is 3.34. The van der Waals surface area contributed by atoms with E-state index in [2.05, 4.69) is 26.9 Å². The van der Waals surface area contributed by atoms with E-state index in [1.54, 1.807) is 31.5 Å². The lowest BCUT2D eigenvalue weighted by Gasteiger charge is -2.12. The number of nitrogens with one attached hydrogen (secondary N) is 1. The van der Waals surface area contributed by atoms with Gasteiger partial charge in [-0.15, -0.1) is 0 Å². The lowest BCUT2D eigenvalue weighted by molar-refractivity contribution is -0.112. The maximum Gasteiger partial charge on any atom is 0.264 e. The summed E-state index contributed by atoms with van der Waals surface area (Å²) in [5, 5.41) is 5.52. The Balaban J connectivity index is 1.74. The highest BCUT2D eigenvalue weighted by atomic mass is 35.5. The van der Waals surface area contributed by atoms with Crippen LogP contribution in [-0.2, 0) is 4.79 Å². The summed E-state index contributed by atoms with van der Waals surface area (Å²) in [5.74, 6) is 2.30. The van der Waals surface area contributed by atoms with Gasteiger partial charge in [-0.05, 0) is 47.9 Å². The molecule has 3 aromatic rings. The van der Waals surface area contributed by atoms with Crippen molar-refractivity contribution in [3.05, 3.63) is 82.8 Å². The van der Waals surface area contributed by atoms with Crippen LogP contribution in [0.25, 0.3) is 22.0 Å². The van der Waals surface area contributed by atoms with Gasteiger partial charge in [0.15, 0.2) is 0 Å². The molecule has 0 unspecified atom stereocenters. The van der Waals surface area contributed by atoms with Crippen LogP contribution < -0.4 is 5.32 Å². The summed E-state index contributed by atoms with van der Waals surface area (Å²) in [4.78, 5) is 20.9. The molecule has 0 fully saturated rings. The maximum absolute atomic E-state index is 12.5. The molecule has 0 spiro atoms. The van der Waals surface area contributed by atoms with Crippen LogP contribution in [0.5, 0.6) is 0 Å². The number of hydrogen-bond donors (Lipinski definition) is 1. The summed E-state index contributed by atoms with van der Waals surface area (Å²) in [6.45, 7) is 1.81. The largest absolute Gasteiger partial charge is 0.321 e. The van der Waals surface area contributed by atoms with Gasteiger partial charge in [0, 0.05) is 34.9 Å². The molecule has 5 heteroatoms. The van der Waals surface area contributed by atoms with Gasteiger partial charge < -0.3 is 5.32 Å². The Bertz CT molecular complexity index is 1210. The van der Waals surface area contributed by atoms with Crippen molar-refractivity contribution in [2.75, 3.05) is 5.32 Å². The highest BCUT2D eigenvalue weighted by Crippen LogP contribution is 2.33. The summed E-state index contributed by atoms with van der Waals surface area (Å²) in [6, 6.07) is 15.3. The van der Waals surface area contributed by atoms with Crippen molar-refractivity contribution in [1.29, 1.82) is 0 Å². The predicted octanol–water partition coefficient (Wildman–Crippen LogP) is 5.16. The van der Waals surface area contributed by atoms with Crippen molar-refractivity contribution in [2.45, 2.75) is 6.92 Å². The molecule has 1 aliphatic heterocycles. The Kier molecular flexibility index (Phi) is 4.45. The molecule has 1 aliphatic rings. The third-order valence-electron chi connectivity index (χ3n) is 4.28. The third-order valence-corrected chi connectivity index (χ3v) is 4.61. The van der Waals surface area contributed by atoms with Crippen LogP contribution in [0.4, 0.5) is 5.69 Å². The smallest absolute Gasteiger partial charge is 0.264 e. The SMILES string of the molecule is CC1=CN=C=C=C1C(=O)Nc1ccc(Cl)c(-c2nccc3ccccc23)c1. The van der Waals surface area contributed by atoms with Crippen molar-refractivity contribution in [1.82, 2.24) is 4.98 Å². The van der Waals surface area contributed by atoms with Crippen LogP contribution in [0.1, 0.15) is 6.92 Å². The van der Waals surface area contributed by atoms with Crippen LogP contribution >= 0.6 is 11.6 Å². The van der Waals surface area contributed by atoms with Crippen LogP contribution in [-0.4, -0.2) is 16.8 Å². The molecule has 0 aliphatic carbocycles. The molecule has 27 heavy (non-hydrogen) atoms. The van der Waals surface area contributed by atoms with E-state index in [1.807, 2.05) is 36.4 Å². The van der Waals surface area contributed by atoms with Gasteiger partial charge in [-0.25, -0.2) is 4.99 Å². The molecule has 4 nitrogen and oxygen atoms in total. The molecule has 0 radical (unpaired) electrons. The van der Waals surface area contributed by atoms with Crippen molar-refractivity contribution < 1.29 is 4.79 Å². The van der Waals surface area contributed by atoms with Gasteiger partial charge in [0.2, 0.25) is 0 Å². The first-order valence-corrected chi connectivity index (χ1v) is 8.71. The van der Waals surface area contributed by atoms with Gasteiger partial charge in [0.05, 0.1) is 16.3 Å². The molecule has 0 saturated carbocycles. The molecule has 1 N–H and O–H groups in total. The molecule has 1 amide bonds. The first-order valence-electron chi connectivity index (χ1n) is 8.33. The number of benzene rings is 2. The fourth-order valence-corrected chi connectivity index (χ4v) is 3.14. The number of hydrogen-bond acceptors (Lipinski definition) is 3. The Hall–Kier alpha value is -3.42. The zero-order chi connectivity index (χ0) is 18.8. The second-order valence-corrected chi connectivity index (χ2v) is 6.49. The average molecular weight is 372 g/mol. The number of aliphatic imine (C=N–C) groups is 1. The van der Waals surface area contributed by atoms with E-state index < -0.39 is 0 Å². The van der Waals surface area contributed by atoms with Crippen molar-refractivity contribution >= 4 is 39.8 Å². The van der Waals surface area contributed by atoms with Crippen LogP contribution in [0.15, 0.2) is 82.8 Å². The van der Waals surface area contributed by atoms with Gasteiger partial charge >= 0.3 is 0 Å². The van der Waals surface area contributed by atoms with Crippen molar-refractivity contribution in [3.8, 4) is 11.3 Å². The minimum absolute atomic E-state index is 0.273. The normalized spacial score (nSPS) is 12.7. The van der Waals surface area contributed by atoms with E-state index in [0.29, 0.717) is 16.3 Å². The number of fused-ring (bicyclic) bond motifs is 1. The number of carbonyl (C=O) groups is 1. The molecule has 130 valence electrons. The van der Waals surface area contributed by atoms with E-state index in [4.69, 9.17) is 11.6 Å². The Morgan fingerprint density at radius 3 is 2.85 bits per heavy atom. The average Bonchev–Trinajstić information content (AvgIpc) is 2.69. The number of nitrogens with zero attached hydrogens (tertiary/aromatic N) is 2. The summed E-state index contributed by atoms with van der Waals surface area (Å²) >= 11 is 6.44. The van der Waals surface area contributed by atoms with Crippen molar-refractivity contribution in [3.63, 3.8) is 0 Å². The molecule has 0 saturated heterocycles. The first kappa shape index (κ1) is 17.0. The summed E-state index contributed by atoms with van der Waals surface area (Å²) in [5.41, 5.74) is 6.05. The zero-order valence-corrected chi connectivity index (χ0v) is 15.2. The lowest BCUT2D eigenvalue weighted by atomic mass is 10.0. The Morgan fingerprint density at radius 1 is 1.15 bits per heavy atom. The number of pyridine rings is 1. The van der Waals surface area contributed by atoms with E-state index >= 15 is 0 Å². The van der Waals surface area contributed by atoms with Crippen molar-refractivity contribution in [2.24, 2.45) is 4.99 Å². The van der Waals surface area contributed by atoms with E-state index in [0.717, 1.165) is 27.6 Å². The number of aromatic nitrogens is 1. The standard InChI is InChI=1S/C22H14ClN3O/c1-14-13-24-10-9-17(14)22(27)26-16-6-7-20(23)19(12-16)21-18-5-3-2-4-15(18)8-11-25-21/h2-8,11-13H,1H3,(H,26,27). The number of amides is 1. The molecular formula is C22H14ClN3O. The molecule has 0 bridgehead atoms. The second kappa shape index (κ2) is 7.06.